The van der Waals surface area contributed by atoms with Crippen molar-refractivity contribution in [2.75, 3.05) is 12.0 Å². The number of benzene rings is 2. The van der Waals surface area contributed by atoms with Crippen LogP contribution < -0.4 is 10.2 Å². The molecule has 4 fully saturated rings. The van der Waals surface area contributed by atoms with Crippen molar-refractivity contribution in [1.82, 2.24) is 0 Å². The Kier molecular flexibility index (Phi) is 5.30. The van der Waals surface area contributed by atoms with Crippen LogP contribution in [0.25, 0.3) is 0 Å². The normalized spacial score (nSPS) is 27.9. The quantitative estimate of drug-likeness (QED) is 0.359. The molecule has 0 unspecified atom stereocenters. The standard InChI is InChI=1S/C25H26N4O3/c26-7-8-32-24-6-1-21(25-13-17-9-18(14-25)11-19(10-17)15-25)12-20(24)16-27-28-22-2-4-23(5-3-22)29(30)31/h1-6,12,16-19,28H,8-11,13-15H2/b27-16-. The molecule has 0 spiro atoms. The van der Waals surface area contributed by atoms with Crippen LogP contribution in [-0.2, 0) is 5.41 Å². The number of hydrogen-bond acceptors (Lipinski definition) is 6. The van der Waals surface area contributed by atoms with Gasteiger partial charge in [0.2, 0.25) is 0 Å². The molecule has 0 saturated heterocycles. The third-order valence-corrected chi connectivity index (χ3v) is 7.43. The molecule has 0 heterocycles. The molecular weight excluding hydrogens is 404 g/mol. The van der Waals surface area contributed by atoms with Gasteiger partial charge in [0.15, 0.2) is 6.61 Å². The van der Waals surface area contributed by atoms with Crippen molar-refractivity contribution in [2.24, 2.45) is 22.9 Å². The first kappa shape index (κ1) is 20.5. The summed E-state index contributed by atoms with van der Waals surface area (Å²) in [6, 6.07) is 14.5. The van der Waals surface area contributed by atoms with Gasteiger partial charge in [-0.15, -0.1) is 0 Å². The topological polar surface area (TPSA) is 101 Å². The molecule has 7 heteroatoms. The van der Waals surface area contributed by atoms with Gasteiger partial charge in [-0.05, 0) is 91.5 Å². The Labute approximate surface area is 187 Å². The summed E-state index contributed by atoms with van der Waals surface area (Å²) < 4.78 is 5.65. The average molecular weight is 431 g/mol. The molecule has 2 aromatic carbocycles. The maximum atomic E-state index is 10.8. The van der Waals surface area contributed by atoms with E-state index in [1.807, 2.05) is 12.1 Å². The third kappa shape index (κ3) is 3.93. The number of nitro benzene ring substituents is 1. The number of nitrogens with zero attached hydrogens (tertiary/aromatic N) is 3. The lowest BCUT2D eigenvalue weighted by Gasteiger charge is -2.57. The number of ether oxygens (including phenoxy) is 1. The van der Waals surface area contributed by atoms with Gasteiger partial charge < -0.3 is 4.74 Å². The van der Waals surface area contributed by atoms with Crippen LogP contribution in [0.5, 0.6) is 5.75 Å². The van der Waals surface area contributed by atoms with E-state index in [2.05, 4.69) is 22.7 Å². The first-order valence-corrected chi connectivity index (χ1v) is 11.2. The van der Waals surface area contributed by atoms with Gasteiger partial charge in [-0.1, -0.05) is 6.07 Å². The number of non-ortho nitro benzene ring substituents is 1. The van der Waals surface area contributed by atoms with Crippen LogP contribution in [0.15, 0.2) is 47.6 Å². The van der Waals surface area contributed by atoms with Gasteiger partial charge in [-0.3, -0.25) is 15.5 Å². The molecule has 164 valence electrons. The maximum Gasteiger partial charge on any atom is 0.269 e. The van der Waals surface area contributed by atoms with E-state index < -0.39 is 4.92 Å². The van der Waals surface area contributed by atoms with Crippen LogP contribution in [0.1, 0.15) is 49.7 Å². The molecule has 4 bridgehead atoms. The number of nitrogens with one attached hydrogen (secondary N) is 1. The summed E-state index contributed by atoms with van der Waals surface area (Å²) >= 11 is 0. The highest BCUT2D eigenvalue weighted by molar-refractivity contribution is 5.84. The number of hydrazone groups is 1. The van der Waals surface area contributed by atoms with E-state index in [0.717, 1.165) is 23.3 Å². The lowest BCUT2D eigenvalue weighted by Crippen LogP contribution is -2.48. The summed E-state index contributed by atoms with van der Waals surface area (Å²) in [5.41, 5.74) is 6.07. The van der Waals surface area contributed by atoms with Crippen molar-refractivity contribution in [3.05, 3.63) is 63.7 Å². The van der Waals surface area contributed by atoms with E-state index >= 15 is 0 Å². The van der Waals surface area contributed by atoms with Crippen LogP contribution in [0, 0.1) is 39.2 Å². The summed E-state index contributed by atoms with van der Waals surface area (Å²) in [6.45, 7) is -0.0205. The van der Waals surface area contributed by atoms with Crippen molar-refractivity contribution in [3.8, 4) is 11.8 Å². The fourth-order valence-corrected chi connectivity index (χ4v) is 6.52. The van der Waals surface area contributed by atoms with Gasteiger partial charge in [0.1, 0.15) is 11.8 Å². The van der Waals surface area contributed by atoms with E-state index in [4.69, 9.17) is 10.00 Å². The molecule has 0 aliphatic heterocycles. The van der Waals surface area contributed by atoms with Gasteiger partial charge in [-0.2, -0.15) is 10.4 Å². The lowest BCUT2D eigenvalue weighted by molar-refractivity contribution is -0.384. The SMILES string of the molecule is N#CCOc1ccc(C23CC4CC(CC(C4)C2)C3)cc1/C=N\Nc1ccc([N+](=O)[O-])cc1. The minimum Gasteiger partial charge on any atom is -0.478 e. The van der Waals surface area contributed by atoms with E-state index in [9.17, 15) is 10.1 Å². The van der Waals surface area contributed by atoms with Gasteiger partial charge in [0.25, 0.3) is 5.69 Å². The average Bonchev–Trinajstić information content (AvgIpc) is 2.77. The minimum absolute atomic E-state index is 0.0205. The van der Waals surface area contributed by atoms with Crippen LogP contribution in [-0.4, -0.2) is 17.7 Å². The Bertz CT molecular complexity index is 1050. The Balaban J connectivity index is 1.39. The van der Waals surface area contributed by atoms with Gasteiger partial charge in [0, 0.05) is 17.7 Å². The molecule has 0 radical (unpaired) electrons. The first-order chi connectivity index (χ1) is 15.5. The molecule has 32 heavy (non-hydrogen) atoms. The Morgan fingerprint density at radius 2 is 1.78 bits per heavy atom. The van der Waals surface area contributed by atoms with Gasteiger partial charge in [-0.25, -0.2) is 0 Å². The molecule has 4 aliphatic carbocycles. The van der Waals surface area contributed by atoms with E-state index in [0.29, 0.717) is 11.4 Å². The molecule has 4 saturated carbocycles. The zero-order valence-corrected chi connectivity index (χ0v) is 17.9. The van der Waals surface area contributed by atoms with E-state index in [1.165, 1.54) is 56.2 Å². The zero-order chi connectivity index (χ0) is 22.1. The second-order valence-corrected chi connectivity index (χ2v) is 9.57. The Morgan fingerprint density at radius 1 is 1.12 bits per heavy atom. The predicted octanol–water partition coefficient (Wildman–Crippen LogP) is 5.41. The molecule has 6 rings (SSSR count). The Morgan fingerprint density at radius 3 is 2.38 bits per heavy atom. The number of anilines is 1. The molecule has 1 N–H and O–H groups in total. The smallest absolute Gasteiger partial charge is 0.269 e. The van der Waals surface area contributed by atoms with Gasteiger partial charge >= 0.3 is 0 Å². The first-order valence-electron chi connectivity index (χ1n) is 11.2. The van der Waals surface area contributed by atoms with Crippen molar-refractivity contribution in [3.63, 3.8) is 0 Å². The zero-order valence-electron chi connectivity index (χ0n) is 17.9. The van der Waals surface area contributed by atoms with Crippen molar-refractivity contribution in [1.29, 1.82) is 5.26 Å². The van der Waals surface area contributed by atoms with Crippen molar-refractivity contribution >= 4 is 17.6 Å². The third-order valence-electron chi connectivity index (χ3n) is 7.43. The Hall–Kier alpha value is -3.40. The monoisotopic (exact) mass is 430 g/mol. The summed E-state index contributed by atoms with van der Waals surface area (Å²) in [4.78, 5) is 10.4. The molecular formula is C25H26N4O3. The molecule has 0 amide bonds. The number of nitriles is 1. The molecule has 7 nitrogen and oxygen atoms in total. The van der Waals surface area contributed by atoms with Crippen LogP contribution in [0.2, 0.25) is 0 Å². The maximum absolute atomic E-state index is 10.8. The summed E-state index contributed by atoms with van der Waals surface area (Å²) in [5, 5.41) is 24.1. The second kappa shape index (κ2) is 8.27. The molecule has 0 aromatic heterocycles. The minimum atomic E-state index is -0.429. The van der Waals surface area contributed by atoms with E-state index in [1.54, 1.807) is 18.3 Å². The molecule has 2 aromatic rings. The molecule has 0 atom stereocenters. The van der Waals surface area contributed by atoms with Crippen LogP contribution in [0.4, 0.5) is 11.4 Å². The summed E-state index contributed by atoms with van der Waals surface area (Å²) in [6.07, 6.45) is 9.72. The van der Waals surface area contributed by atoms with Crippen LogP contribution in [0.3, 0.4) is 0 Å². The molecule has 4 aliphatic rings. The summed E-state index contributed by atoms with van der Waals surface area (Å²) in [7, 11) is 0. The van der Waals surface area contributed by atoms with Crippen molar-refractivity contribution < 1.29 is 9.66 Å². The second-order valence-electron chi connectivity index (χ2n) is 9.57. The fourth-order valence-electron chi connectivity index (χ4n) is 6.52. The van der Waals surface area contributed by atoms with E-state index in [-0.39, 0.29) is 17.7 Å². The fraction of sp³-hybridized carbons (Fsp3) is 0.440. The highest BCUT2D eigenvalue weighted by Crippen LogP contribution is 2.60. The number of rotatable bonds is 7. The van der Waals surface area contributed by atoms with Crippen LogP contribution >= 0.6 is 0 Å². The number of nitro groups is 1. The summed E-state index contributed by atoms with van der Waals surface area (Å²) in [5.74, 6) is 3.21. The largest absolute Gasteiger partial charge is 0.478 e. The van der Waals surface area contributed by atoms with Gasteiger partial charge in [0.05, 0.1) is 16.8 Å². The lowest BCUT2D eigenvalue weighted by atomic mass is 9.48. The predicted molar refractivity (Wildman–Crippen MR) is 122 cm³/mol. The highest BCUT2D eigenvalue weighted by Gasteiger charge is 2.51. The van der Waals surface area contributed by atoms with Crippen molar-refractivity contribution in [2.45, 2.75) is 43.9 Å². The highest BCUT2D eigenvalue weighted by atomic mass is 16.6. The number of hydrogen-bond donors (Lipinski definition) is 1.